The predicted molar refractivity (Wildman–Crippen MR) is 95.9 cm³/mol. The largest absolute Gasteiger partial charge is 0.508 e. The third-order valence-electron chi connectivity index (χ3n) is 1.75. The highest BCUT2D eigenvalue weighted by atomic mass is 127. The van der Waals surface area contributed by atoms with Crippen LogP contribution in [0.5, 0.6) is 0 Å². The molecule has 0 aliphatic rings. The number of ketones is 2. The van der Waals surface area contributed by atoms with E-state index in [1.807, 2.05) is 0 Å². The van der Waals surface area contributed by atoms with Gasteiger partial charge in [-0.05, 0) is 13.8 Å². The van der Waals surface area contributed by atoms with Crippen molar-refractivity contribution in [1.29, 1.82) is 0 Å². The van der Waals surface area contributed by atoms with Crippen LogP contribution in [0.15, 0.2) is 0 Å². The molecule has 0 radical (unpaired) electrons. The first-order valence-corrected chi connectivity index (χ1v) is 9.78. The summed E-state index contributed by atoms with van der Waals surface area (Å²) < 4.78 is 12.0. The monoisotopic (exact) mass is 451 g/mol. The summed E-state index contributed by atoms with van der Waals surface area (Å²) in [5.74, 6) is 2.01. The molecular weight excluding hydrogens is 429 g/mol. The molecule has 0 unspecified atom stereocenters. The lowest BCUT2D eigenvalue weighted by Gasteiger charge is -2.02. The average Bonchev–Trinajstić information content (AvgIpc) is 2.44. The second-order valence-electron chi connectivity index (χ2n) is 3.73. The summed E-state index contributed by atoms with van der Waals surface area (Å²) in [5.41, 5.74) is 0. The van der Waals surface area contributed by atoms with Gasteiger partial charge in [0.2, 0.25) is 0 Å². The fourth-order valence-electron chi connectivity index (χ4n) is 0.768. The Hall–Kier alpha value is -0.000000000000000111. The minimum Gasteiger partial charge on any atom is -0.438 e. The number of hydrogen-bond acceptors (Lipinski definition) is 8. The van der Waals surface area contributed by atoms with Crippen LogP contribution >= 0.6 is 44.5 Å². The summed E-state index contributed by atoms with van der Waals surface area (Å²) in [7, 11) is 4.74. The van der Waals surface area contributed by atoms with Gasteiger partial charge in [0, 0.05) is 53.8 Å². The number of ether oxygens (including phenoxy) is 2. The molecule has 0 aromatic heterocycles. The van der Waals surface area contributed by atoms with Gasteiger partial charge in [-0.25, -0.2) is 4.79 Å². The van der Waals surface area contributed by atoms with Gasteiger partial charge in [-0.2, -0.15) is 0 Å². The van der Waals surface area contributed by atoms with E-state index >= 15 is 0 Å². The van der Waals surface area contributed by atoms with Crippen LogP contribution in [0.1, 0.15) is 26.7 Å². The summed E-state index contributed by atoms with van der Waals surface area (Å²) in [6.07, 6.45) is 0.185. The van der Waals surface area contributed by atoms with Crippen LogP contribution in [0.3, 0.4) is 0 Å². The number of halogens is 1. The molecule has 0 aliphatic heterocycles. The Balaban J connectivity index is 0. The molecule has 9 heteroatoms. The molecule has 0 aromatic carbocycles. The smallest absolute Gasteiger partial charge is 0.438 e. The van der Waals surface area contributed by atoms with Crippen LogP contribution < -0.4 is 3.53 Å². The molecule has 0 saturated carbocycles. The van der Waals surface area contributed by atoms with Crippen molar-refractivity contribution in [3.63, 3.8) is 0 Å². The minimum atomic E-state index is -0.612. The first-order chi connectivity index (χ1) is 9.93. The van der Waals surface area contributed by atoms with Crippen LogP contribution in [0.25, 0.3) is 0 Å². The zero-order valence-electron chi connectivity index (χ0n) is 12.5. The van der Waals surface area contributed by atoms with Crippen molar-refractivity contribution in [2.45, 2.75) is 26.7 Å². The third-order valence-corrected chi connectivity index (χ3v) is 4.66. The molecular formula is C12H22INO5S2. The molecule has 1 N–H and O–H groups in total. The van der Waals surface area contributed by atoms with E-state index in [0.717, 1.165) is 18.1 Å². The zero-order valence-corrected chi connectivity index (χ0v) is 16.3. The summed E-state index contributed by atoms with van der Waals surface area (Å²) in [6.45, 7) is 4.37. The minimum absolute atomic E-state index is 0.0835. The molecule has 0 aliphatic carbocycles. The van der Waals surface area contributed by atoms with Gasteiger partial charge in [0.25, 0.3) is 0 Å². The molecule has 6 nitrogen and oxygen atoms in total. The Morgan fingerprint density at radius 1 is 1.05 bits per heavy atom. The quantitative estimate of drug-likeness (QED) is 0.179. The summed E-state index contributed by atoms with van der Waals surface area (Å²) in [6, 6.07) is 0. The highest BCUT2D eigenvalue weighted by Gasteiger charge is 1.98. The second-order valence-corrected chi connectivity index (χ2v) is 7.20. The lowest BCUT2D eigenvalue weighted by Crippen LogP contribution is -2.06. The number of methoxy groups -OCH3 is 1. The van der Waals surface area contributed by atoms with Crippen LogP contribution in [0, 0.1) is 0 Å². The predicted octanol–water partition coefficient (Wildman–Crippen LogP) is 3.04. The molecule has 0 heterocycles. The third kappa shape index (κ3) is 25.3. The Morgan fingerprint density at radius 3 is 2.00 bits per heavy atom. The molecule has 21 heavy (non-hydrogen) atoms. The number of carbonyl (C=O) groups excluding carboxylic acids is 3. The first kappa shape index (κ1) is 23.3. The maximum Gasteiger partial charge on any atom is 0.508 e. The maximum atomic E-state index is 10.5. The Kier molecular flexibility index (Phi) is 20.0. The fourth-order valence-corrected chi connectivity index (χ4v) is 3.14. The number of Topliss-reactive ketones (excluding diaryl/α,β-unsaturated/α-hetero) is 2. The van der Waals surface area contributed by atoms with E-state index in [2.05, 4.69) is 35.9 Å². The Labute approximate surface area is 147 Å². The molecule has 124 valence electrons. The van der Waals surface area contributed by atoms with Gasteiger partial charge < -0.3 is 19.1 Å². The van der Waals surface area contributed by atoms with Crippen molar-refractivity contribution in [2.75, 3.05) is 31.8 Å². The highest BCUT2D eigenvalue weighted by Crippen LogP contribution is 2.19. The maximum absolute atomic E-state index is 10.5. The van der Waals surface area contributed by atoms with E-state index in [-0.39, 0.29) is 11.6 Å². The van der Waals surface area contributed by atoms with Crippen molar-refractivity contribution < 1.29 is 23.9 Å². The lowest BCUT2D eigenvalue weighted by molar-refractivity contribution is -0.122. The highest BCUT2D eigenvalue weighted by molar-refractivity contribution is 14.1. The van der Waals surface area contributed by atoms with Crippen molar-refractivity contribution in [2.24, 2.45) is 0 Å². The molecule has 0 amide bonds. The summed E-state index contributed by atoms with van der Waals surface area (Å²) in [4.78, 5) is 30.9. The SMILES string of the molecule is CC(=O)CCC(C)=O.COC(=O)OCCSSCCNI. The topological polar surface area (TPSA) is 81.7 Å². The van der Waals surface area contributed by atoms with Crippen molar-refractivity contribution in [1.82, 2.24) is 3.53 Å². The normalized spacial score (nSPS) is 9.33. The summed E-state index contributed by atoms with van der Waals surface area (Å²) in [5, 5.41) is 0. The standard InChI is InChI=1S/C6H12INO3S2.C6H10O2/c1-10-6(9)11-3-5-13-12-4-2-8-7;1-5(7)3-4-6(2)8/h8H,2-5H2,1H3;3-4H2,1-2H3. The van der Waals surface area contributed by atoms with E-state index in [1.54, 1.807) is 21.6 Å². The average molecular weight is 451 g/mol. The molecule has 0 aromatic rings. The fraction of sp³-hybridized carbons (Fsp3) is 0.750. The Morgan fingerprint density at radius 2 is 1.57 bits per heavy atom. The van der Waals surface area contributed by atoms with E-state index in [0.29, 0.717) is 19.4 Å². The van der Waals surface area contributed by atoms with Crippen LogP contribution in [-0.4, -0.2) is 49.5 Å². The Bertz CT molecular complexity index is 291. The van der Waals surface area contributed by atoms with Crippen LogP contribution in [0.4, 0.5) is 4.79 Å². The molecule has 0 atom stereocenters. The molecule has 0 rings (SSSR count). The number of rotatable bonds is 10. The van der Waals surface area contributed by atoms with Gasteiger partial charge in [-0.3, -0.25) is 3.53 Å². The number of carbonyl (C=O) groups is 3. The number of hydrogen-bond donors (Lipinski definition) is 1. The molecule has 0 spiro atoms. The van der Waals surface area contributed by atoms with E-state index in [1.165, 1.54) is 21.0 Å². The second kappa shape index (κ2) is 18.1. The first-order valence-electron chi connectivity index (χ1n) is 6.21. The van der Waals surface area contributed by atoms with Gasteiger partial charge in [-0.1, -0.05) is 21.6 Å². The molecule has 0 fully saturated rings. The van der Waals surface area contributed by atoms with E-state index in [4.69, 9.17) is 0 Å². The van der Waals surface area contributed by atoms with Gasteiger partial charge in [-0.15, -0.1) is 0 Å². The molecule has 0 saturated heterocycles. The van der Waals surface area contributed by atoms with Gasteiger partial charge in [0.05, 0.1) is 7.11 Å². The van der Waals surface area contributed by atoms with Crippen LogP contribution in [-0.2, 0) is 19.1 Å². The lowest BCUT2D eigenvalue weighted by atomic mass is 10.2. The van der Waals surface area contributed by atoms with Gasteiger partial charge >= 0.3 is 6.16 Å². The van der Waals surface area contributed by atoms with Gasteiger partial charge in [0.1, 0.15) is 18.2 Å². The van der Waals surface area contributed by atoms with Crippen molar-refractivity contribution >= 4 is 62.2 Å². The van der Waals surface area contributed by atoms with Gasteiger partial charge in [0.15, 0.2) is 0 Å². The van der Waals surface area contributed by atoms with Crippen molar-refractivity contribution in [3.05, 3.63) is 0 Å². The van der Waals surface area contributed by atoms with Crippen molar-refractivity contribution in [3.8, 4) is 0 Å². The summed E-state index contributed by atoms with van der Waals surface area (Å²) >= 11 is 2.11. The van der Waals surface area contributed by atoms with E-state index in [9.17, 15) is 14.4 Å². The zero-order chi connectivity index (χ0) is 16.5. The molecule has 0 bridgehead atoms. The van der Waals surface area contributed by atoms with E-state index < -0.39 is 6.16 Å². The number of nitrogens with one attached hydrogen (secondary N) is 1. The van der Waals surface area contributed by atoms with Crippen LogP contribution in [0.2, 0.25) is 0 Å².